The number of allylic oxidation sites excluding steroid dienone is 3. The van der Waals surface area contributed by atoms with E-state index in [1.165, 1.54) is 11.6 Å². The summed E-state index contributed by atoms with van der Waals surface area (Å²) in [7, 11) is 0. The summed E-state index contributed by atoms with van der Waals surface area (Å²) in [6.07, 6.45) is 10.4. The Kier molecular flexibility index (Phi) is 6.64. The molecule has 166 valence electrons. The summed E-state index contributed by atoms with van der Waals surface area (Å²) >= 11 is 0. The van der Waals surface area contributed by atoms with Crippen LogP contribution >= 0.6 is 0 Å². The smallest absolute Gasteiger partial charge is 0.232 e. The average molecular weight is 414 g/mol. The van der Waals surface area contributed by atoms with Crippen LogP contribution in [0.15, 0.2) is 35.3 Å². The standard InChI is InChI=1S/C26H39NO3/c1-6-7-8-14-27-20-15-21(28)24(30)19(23(20)29)16-26(5)18(3)12-13-25(4)17(2)10-9-11-22(25)26/h15,18,22,27,29H,2,6-14,16H2,1,3-5H3. The van der Waals surface area contributed by atoms with Crippen LogP contribution in [-0.2, 0) is 9.59 Å². The van der Waals surface area contributed by atoms with E-state index in [9.17, 15) is 14.7 Å². The highest BCUT2D eigenvalue weighted by Crippen LogP contribution is 2.63. The number of nitrogens with one attached hydrogen (secondary N) is 1. The summed E-state index contributed by atoms with van der Waals surface area (Å²) < 4.78 is 0. The third-order valence-electron chi connectivity index (χ3n) is 8.53. The van der Waals surface area contributed by atoms with Gasteiger partial charge < -0.3 is 10.4 Å². The minimum Gasteiger partial charge on any atom is -0.505 e. The van der Waals surface area contributed by atoms with Crippen molar-refractivity contribution in [2.24, 2.45) is 22.7 Å². The number of unbranched alkanes of at least 4 members (excludes halogenated alkanes) is 2. The second-order valence-electron chi connectivity index (χ2n) is 10.3. The molecule has 2 fully saturated rings. The van der Waals surface area contributed by atoms with Crippen LogP contribution in [0.5, 0.6) is 0 Å². The van der Waals surface area contributed by atoms with Gasteiger partial charge in [-0.3, -0.25) is 9.59 Å². The first kappa shape index (κ1) is 22.8. The van der Waals surface area contributed by atoms with Crippen LogP contribution in [0.1, 0.15) is 85.5 Å². The topological polar surface area (TPSA) is 66.4 Å². The first-order valence-electron chi connectivity index (χ1n) is 11.8. The van der Waals surface area contributed by atoms with Gasteiger partial charge in [0.1, 0.15) is 5.76 Å². The summed E-state index contributed by atoms with van der Waals surface area (Å²) in [5, 5.41) is 14.2. The van der Waals surface area contributed by atoms with Crippen molar-refractivity contribution in [1.29, 1.82) is 0 Å². The second kappa shape index (κ2) is 8.72. The molecule has 0 bridgehead atoms. The van der Waals surface area contributed by atoms with Crippen LogP contribution in [0.3, 0.4) is 0 Å². The zero-order valence-corrected chi connectivity index (χ0v) is 19.3. The number of aliphatic hydroxyl groups excluding tert-OH is 1. The number of Topliss-reactive ketones (excluding diaryl/α,β-unsaturated/α-hetero) is 1. The molecule has 0 heterocycles. The number of hydrogen-bond acceptors (Lipinski definition) is 4. The molecule has 2 N–H and O–H groups in total. The van der Waals surface area contributed by atoms with Crippen LogP contribution in [0.25, 0.3) is 0 Å². The average Bonchev–Trinajstić information content (AvgIpc) is 2.71. The van der Waals surface area contributed by atoms with Gasteiger partial charge in [-0.15, -0.1) is 0 Å². The van der Waals surface area contributed by atoms with E-state index in [0.717, 1.165) is 51.4 Å². The van der Waals surface area contributed by atoms with Crippen molar-refractivity contribution in [2.75, 3.05) is 6.54 Å². The number of aliphatic hydroxyl groups is 1. The second-order valence-corrected chi connectivity index (χ2v) is 10.3. The van der Waals surface area contributed by atoms with Gasteiger partial charge >= 0.3 is 0 Å². The van der Waals surface area contributed by atoms with Gasteiger partial charge in [-0.1, -0.05) is 52.7 Å². The SMILES string of the molecule is C=C1CCCC2C1(C)CCC(C)C2(C)CC1=C(O)C(NCCCCC)=CC(=O)C1=O. The van der Waals surface area contributed by atoms with Gasteiger partial charge in [-0.25, -0.2) is 0 Å². The number of fused-ring (bicyclic) bond motifs is 1. The number of ketones is 2. The lowest BCUT2D eigenvalue weighted by Crippen LogP contribution is -2.51. The van der Waals surface area contributed by atoms with Crippen LogP contribution < -0.4 is 5.32 Å². The van der Waals surface area contributed by atoms with Gasteiger partial charge in [0.15, 0.2) is 0 Å². The van der Waals surface area contributed by atoms with Gasteiger partial charge in [0.2, 0.25) is 11.6 Å². The lowest BCUT2D eigenvalue weighted by molar-refractivity contribution is -0.132. The van der Waals surface area contributed by atoms with E-state index >= 15 is 0 Å². The molecule has 0 aliphatic heterocycles. The van der Waals surface area contributed by atoms with Gasteiger partial charge in [-0.2, -0.15) is 0 Å². The quantitative estimate of drug-likeness (QED) is 0.239. The van der Waals surface area contributed by atoms with Gasteiger partial charge in [0, 0.05) is 18.2 Å². The minimum absolute atomic E-state index is 0.0218. The maximum absolute atomic E-state index is 12.8. The lowest BCUT2D eigenvalue weighted by atomic mass is 9.46. The molecule has 0 aromatic carbocycles. The summed E-state index contributed by atoms with van der Waals surface area (Å²) in [6, 6.07) is 0. The molecular weight excluding hydrogens is 374 g/mol. The number of carbonyl (C=O) groups excluding carboxylic acids is 2. The first-order chi connectivity index (χ1) is 14.1. The van der Waals surface area contributed by atoms with E-state index in [0.29, 0.717) is 36.1 Å². The molecule has 3 aliphatic rings. The molecule has 30 heavy (non-hydrogen) atoms. The maximum atomic E-state index is 12.8. The number of rotatable bonds is 7. The molecule has 0 radical (unpaired) electrons. The van der Waals surface area contributed by atoms with Gasteiger partial charge in [0.05, 0.1) is 5.70 Å². The van der Waals surface area contributed by atoms with Crippen molar-refractivity contribution >= 4 is 11.6 Å². The fourth-order valence-corrected chi connectivity index (χ4v) is 6.23. The predicted molar refractivity (Wildman–Crippen MR) is 121 cm³/mol. The fraction of sp³-hybridized carbons (Fsp3) is 0.692. The minimum atomic E-state index is -0.540. The molecule has 0 aromatic rings. The molecule has 0 aromatic heterocycles. The summed E-state index contributed by atoms with van der Waals surface area (Å²) in [5.74, 6) is -0.265. The highest BCUT2D eigenvalue weighted by atomic mass is 16.3. The van der Waals surface area contributed by atoms with Crippen molar-refractivity contribution in [3.05, 3.63) is 35.3 Å². The van der Waals surface area contributed by atoms with E-state index in [4.69, 9.17) is 0 Å². The highest BCUT2D eigenvalue weighted by Gasteiger charge is 2.54. The maximum Gasteiger partial charge on any atom is 0.232 e. The Morgan fingerprint density at radius 3 is 2.67 bits per heavy atom. The van der Waals surface area contributed by atoms with Crippen LogP contribution in [-0.4, -0.2) is 23.2 Å². The molecular formula is C26H39NO3. The van der Waals surface area contributed by atoms with E-state index in [-0.39, 0.29) is 16.6 Å². The van der Waals surface area contributed by atoms with E-state index < -0.39 is 11.6 Å². The Morgan fingerprint density at radius 1 is 1.23 bits per heavy atom. The molecule has 0 spiro atoms. The largest absolute Gasteiger partial charge is 0.505 e. The van der Waals surface area contributed by atoms with Crippen LogP contribution in [0.2, 0.25) is 0 Å². The highest BCUT2D eigenvalue weighted by molar-refractivity contribution is 6.48. The van der Waals surface area contributed by atoms with Crippen molar-refractivity contribution in [3.63, 3.8) is 0 Å². The molecule has 4 unspecified atom stereocenters. The van der Waals surface area contributed by atoms with Crippen molar-refractivity contribution in [3.8, 4) is 0 Å². The fourth-order valence-electron chi connectivity index (χ4n) is 6.23. The molecule has 4 heteroatoms. The molecule has 4 nitrogen and oxygen atoms in total. The normalized spacial score (nSPS) is 34.7. The molecule has 3 rings (SSSR count). The zero-order chi connectivity index (χ0) is 22.1. The van der Waals surface area contributed by atoms with Gasteiger partial charge in [0.25, 0.3) is 0 Å². The predicted octanol–water partition coefficient (Wildman–Crippen LogP) is 5.80. The monoisotopic (exact) mass is 413 g/mol. The molecule has 0 saturated heterocycles. The third kappa shape index (κ3) is 3.90. The van der Waals surface area contributed by atoms with E-state index in [1.807, 2.05) is 0 Å². The Balaban J connectivity index is 1.91. The van der Waals surface area contributed by atoms with Crippen molar-refractivity contribution < 1.29 is 14.7 Å². The Morgan fingerprint density at radius 2 is 1.97 bits per heavy atom. The molecule has 3 aliphatic carbocycles. The summed E-state index contributed by atoms with van der Waals surface area (Å²) in [5.41, 5.74) is 1.97. The first-order valence-corrected chi connectivity index (χ1v) is 11.8. The number of carbonyl (C=O) groups is 2. The van der Waals surface area contributed by atoms with E-state index in [2.05, 4.69) is 39.6 Å². The zero-order valence-electron chi connectivity index (χ0n) is 19.3. The van der Waals surface area contributed by atoms with Crippen molar-refractivity contribution in [2.45, 2.75) is 85.5 Å². The Hall–Kier alpha value is -1.84. The molecule has 0 amide bonds. The third-order valence-corrected chi connectivity index (χ3v) is 8.53. The van der Waals surface area contributed by atoms with Gasteiger partial charge in [-0.05, 0) is 67.6 Å². The van der Waals surface area contributed by atoms with Crippen LogP contribution in [0, 0.1) is 22.7 Å². The van der Waals surface area contributed by atoms with Crippen molar-refractivity contribution in [1.82, 2.24) is 5.32 Å². The summed E-state index contributed by atoms with van der Waals surface area (Å²) in [6.45, 7) is 14.1. The molecule has 2 saturated carbocycles. The van der Waals surface area contributed by atoms with E-state index in [1.54, 1.807) is 0 Å². The number of hydrogen-bond donors (Lipinski definition) is 2. The Bertz CT molecular complexity index is 792. The van der Waals surface area contributed by atoms with Crippen LogP contribution in [0.4, 0.5) is 0 Å². The Labute approximate surface area is 181 Å². The summed E-state index contributed by atoms with van der Waals surface area (Å²) in [4.78, 5) is 25.3. The lowest BCUT2D eigenvalue weighted by Gasteiger charge is -2.59. The molecule has 4 atom stereocenters.